The summed E-state index contributed by atoms with van der Waals surface area (Å²) in [5, 5.41) is 10.7. The van der Waals surface area contributed by atoms with Gasteiger partial charge >= 0.3 is 0 Å². The van der Waals surface area contributed by atoms with Crippen molar-refractivity contribution in [2.24, 2.45) is 0 Å². The summed E-state index contributed by atoms with van der Waals surface area (Å²) in [7, 11) is 1.65. The Hall–Kier alpha value is -3.07. The Morgan fingerprint density at radius 3 is 2.16 bits per heavy atom. The number of ether oxygens (including phenoxy) is 1. The smallest absolute Gasteiger partial charge is 0.120 e. The number of pyridine rings is 1. The molecule has 152 valence electrons. The molecule has 4 rings (SSSR count). The highest BCUT2D eigenvalue weighted by Crippen LogP contribution is 2.37. The van der Waals surface area contributed by atoms with Crippen molar-refractivity contribution in [1.82, 2.24) is 4.98 Å². The quantitative estimate of drug-likeness (QED) is 0.292. The van der Waals surface area contributed by atoms with Crippen LogP contribution in [0.5, 0.6) is 5.75 Å². The molecule has 0 radical (unpaired) electrons. The number of aromatic nitrogens is 1. The molecule has 0 N–H and O–H groups in total. The maximum absolute atomic E-state index is 10.0. The first-order valence-electron chi connectivity index (χ1n) is 9.67. The van der Waals surface area contributed by atoms with E-state index in [1.807, 2.05) is 54.6 Å². The van der Waals surface area contributed by atoms with Gasteiger partial charge in [-0.3, -0.25) is 0 Å². The van der Waals surface area contributed by atoms with Gasteiger partial charge in [0, 0.05) is 20.5 Å². The minimum atomic E-state index is 0.574. The van der Waals surface area contributed by atoms with Crippen LogP contribution in [0.15, 0.2) is 93.3 Å². The van der Waals surface area contributed by atoms with Gasteiger partial charge in [0.1, 0.15) is 16.8 Å². The minimum absolute atomic E-state index is 0.574. The Kier molecular flexibility index (Phi) is 6.41. The van der Waals surface area contributed by atoms with E-state index in [2.05, 4.69) is 53.2 Å². The molecule has 0 atom stereocenters. The van der Waals surface area contributed by atoms with Crippen LogP contribution in [-0.2, 0) is 0 Å². The molecule has 3 nitrogen and oxygen atoms in total. The molecular formula is C26H19BrN2OS. The van der Waals surface area contributed by atoms with E-state index in [-0.39, 0.29) is 0 Å². The average molecular weight is 487 g/mol. The SMILES string of the molecule is COc1ccc(-c2cc(-c3ccc(Br)cc3)c(C#N)c(Sc3ccc(C)cc3)n2)cc1. The van der Waals surface area contributed by atoms with Crippen molar-refractivity contribution in [3.8, 4) is 34.2 Å². The number of nitrogens with zero attached hydrogens (tertiary/aromatic N) is 2. The molecule has 4 aromatic rings. The van der Waals surface area contributed by atoms with Crippen molar-refractivity contribution in [1.29, 1.82) is 5.26 Å². The number of benzene rings is 3. The van der Waals surface area contributed by atoms with Gasteiger partial charge in [-0.25, -0.2) is 4.98 Å². The zero-order chi connectivity index (χ0) is 21.8. The van der Waals surface area contributed by atoms with Gasteiger partial charge in [0.2, 0.25) is 0 Å². The molecule has 0 fully saturated rings. The van der Waals surface area contributed by atoms with Gasteiger partial charge in [0.05, 0.1) is 18.4 Å². The van der Waals surface area contributed by atoms with Gasteiger partial charge in [0.25, 0.3) is 0 Å². The molecule has 3 aromatic carbocycles. The van der Waals surface area contributed by atoms with Crippen LogP contribution in [0, 0.1) is 18.3 Å². The van der Waals surface area contributed by atoms with Crippen molar-refractivity contribution in [3.63, 3.8) is 0 Å². The third-order valence-electron chi connectivity index (χ3n) is 4.87. The maximum Gasteiger partial charge on any atom is 0.120 e. The summed E-state index contributed by atoms with van der Waals surface area (Å²) in [6, 6.07) is 28.4. The predicted molar refractivity (Wildman–Crippen MR) is 129 cm³/mol. The Balaban J connectivity index is 1.88. The molecule has 31 heavy (non-hydrogen) atoms. The van der Waals surface area contributed by atoms with E-state index in [0.29, 0.717) is 10.6 Å². The van der Waals surface area contributed by atoms with Gasteiger partial charge in [-0.15, -0.1) is 0 Å². The lowest BCUT2D eigenvalue weighted by Gasteiger charge is -2.13. The second-order valence-electron chi connectivity index (χ2n) is 7.00. The third-order valence-corrected chi connectivity index (χ3v) is 6.40. The lowest BCUT2D eigenvalue weighted by Crippen LogP contribution is -1.96. The van der Waals surface area contributed by atoms with Crippen LogP contribution in [-0.4, -0.2) is 12.1 Å². The second-order valence-corrected chi connectivity index (χ2v) is 8.98. The van der Waals surface area contributed by atoms with Gasteiger partial charge < -0.3 is 4.74 Å². The molecule has 1 aromatic heterocycles. The second kappa shape index (κ2) is 9.38. The molecular weight excluding hydrogens is 468 g/mol. The van der Waals surface area contributed by atoms with E-state index < -0.39 is 0 Å². The summed E-state index contributed by atoms with van der Waals surface area (Å²) >= 11 is 5.00. The normalized spacial score (nSPS) is 10.5. The van der Waals surface area contributed by atoms with E-state index in [1.165, 1.54) is 17.3 Å². The van der Waals surface area contributed by atoms with Crippen LogP contribution in [0.2, 0.25) is 0 Å². The number of hydrogen-bond donors (Lipinski definition) is 0. The molecule has 5 heteroatoms. The fourth-order valence-corrected chi connectivity index (χ4v) is 4.35. The number of hydrogen-bond acceptors (Lipinski definition) is 4. The number of aryl methyl sites for hydroxylation is 1. The summed E-state index contributed by atoms with van der Waals surface area (Å²) in [5.74, 6) is 0.791. The van der Waals surface area contributed by atoms with Crippen molar-refractivity contribution in [3.05, 3.63) is 94.5 Å². The average Bonchev–Trinajstić information content (AvgIpc) is 2.80. The molecule has 0 amide bonds. The fraction of sp³-hybridized carbons (Fsp3) is 0.0769. The molecule has 0 saturated heterocycles. The Labute approximate surface area is 194 Å². The molecule has 0 saturated carbocycles. The number of methoxy groups -OCH3 is 1. The van der Waals surface area contributed by atoms with Crippen molar-refractivity contribution in [2.75, 3.05) is 7.11 Å². The highest BCUT2D eigenvalue weighted by Gasteiger charge is 2.16. The van der Waals surface area contributed by atoms with Crippen molar-refractivity contribution >= 4 is 27.7 Å². The largest absolute Gasteiger partial charge is 0.497 e. The van der Waals surface area contributed by atoms with Crippen molar-refractivity contribution < 1.29 is 4.74 Å². The van der Waals surface area contributed by atoms with Crippen LogP contribution in [0.4, 0.5) is 0 Å². The zero-order valence-electron chi connectivity index (χ0n) is 17.1. The molecule has 0 unspecified atom stereocenters. The van der Waals surface area contributed by atoms with Gasteiger partial charge in [-0.2, -0.15) is 5.26 Å². The van der Waals surface area contributed by atoms with E-state index in [4.69, 9.17) is 9.72 Å². The molecule has 0 aliphatic carbocycles. The summed E-state index contributed by atoms with van der Waals surface area (Å²) < 4.78 is 6.28. The first-order chi connectivity index (χ1) is 15.1. The number of halogens is 1. The maximum atomic E-state index is 10.0. The van der Waals surface area contributed by atoms with Crippen molar-refractivity contribution in [2.45, 2.75) is 16.8 Å². The molecule has 0 aliphatic heterocycles. The summed E-state index contributed by atoms with van der Waals surface area (Å²) in [6.45, 7) is 2.06. The predicted octanol–water partition coefficient (Wildman–Crippen LogP) is 7.52. The molecule has 0 aliphatic rings. The monoisotopic (exact) mass is 486 g/mol. The number of rotatable bonds is 5. The zero-order valence-corrected chi connectivity index (χ0v) is 19.5. The topological polar surface area (TPSA) is 45.9 Å². The van der Waals surface area contributed by atoms with E-state index in [9.17, 15) is 5.26 Å². The summed E-state index contributed by atoms with van der Waals surface area (Å²) in [5.41, 5.74) is 5.39. The van der Waals surface area contributed by atoms with Gasteiger partial charge in [-0.1, -0.05) is 57.5 Å². The standard InChI is InChI=1S/C26H19BrN2OS/c1-17-3-13-22(14-4-17)31-26-24(16-28)23(18-5-9-20(27)10-6-18)15-25(29-26)19-7-11-21(30-2)12-8-19/h3-15H,1-2H3. The number of nitriles is 1. The van der Waals surface area contributed by atoms with Gasteiger partial charge in [0.15, 0.2) is 0 Å². The third kappa shape index (κ3) is 4.82. The van der Waals surface area contributed by atoms with E-state index >= 15 is 0 Å². The first-order valence-corrected chi connectivity index (χ1v) is 11.3. The summed E-state index contributed by atoms with van der Waals surface area (Å²) in [4.78, 5) is 5.93. The molecule has 0 bridgehead atoms. The van der Waals surface area contributed by atoms with E-state index in [0.717, 1.165) is 37.5 Å². The molecule has 1 heterocycles. The highest BCUT2D eigenvalue weighted by molar-refractivity contribution is 9.10. The minimum Gasteiger partial charge on any atom is -0.497 e. The van der Waals surface area contributed by atoms with Crippen LogP contribution in [0.3, 0.4) is 0 Å². The van der Waals surface area contributed by atoms with Crippen LogP contribution in [0.1, 0.15) is 11.1 Å². The molecule has 0 spiro atoms. The van der Waals surface area contributed by atoms with Crippen LogP contribution < -0.4 is 4.74 Å². The summed E-state index contributed by atoms with van der Waals surface area (Å²) in [6.07, 6.45) is 0. The van der Waals surface area contributed by atoms with Crippen LogP contribution in [0.25, 0.3) is 22.4 Å². The highest BCUT2D eigenvalue weighted by atomic mass is 79.9. The fourth-order valence-electron chi connectivity index (χ4n) is 3.19. The Morgan fingerprint density at radius 2 is 1.55 bits per heavy atom. The lowest BCUT2D eigenvalue weighted by molar-refractivity contribution is 0.415. The Bertz CT molecular complexity index is 1250. The van der Waals surface area contributed by atoms with E-state index in [1.54, 1.807) is 7.11 Å². The Morgan fingerprint density at radius 1 is 0.903 bits per heavy atom. The van der Waals surface area contributed by atoms with Gasteiger partial charge in [-0.05, 0) is 67.1 Å². The van der Waals surface area contributed by atoms with Crippen LogP contribution >= 0.6 is 27.7 Å². The lowest BCUT2D eigenvalue weighted by atomic mass is 9.99. The first kappa shape index (κ1) is 21.2.